The number of aromatic nitrogens is 3. The van der Waals surface area contributed by atoms with E-state index in [0.29, 0.717) is 28.2 Å². The monoisotopic (exact) mass is 395 g/mol. The summed E-state index contributed by atoms with van der Waals surface area (Å²) in [6, 6.07) is 16.3. The largest absolute Gasteiger partial charge is 0.478 e. The molecule has 2 heterocycles. The molecule has 6 nitrogen and oxygen atoms in total. The summed E-state index contributed by atoms with van der Waals surface area (Å²) in [5.74, 6) is 0.342. The van der Waals surface area contributed by atoms with E-state index in [2.05, 4.69) is 10.2 Å². The molecule has 0 unspecified atom stereocenters. The zero-order valence-electron chi connectivity index (χ0n) is 14.4. The van der Waals surface area contributed by atoms with Crippen molar-refractivity contribution in [2.75, 3.05) is 0 Å². The van der Waals surface area contributed by atoms with Crippen LogP contribution >= 0.6 is 11.8 Å². The molecule has 0 saturated heterocycles. The highest BCUT2D eigenvalue weighted by atomic mass is 32.2. The molecule has 28 heavy (non-hydrogen) atoms. The van der Waals surface area contributed by atoms with E-state index < -0.39 is 5.97 Å². The fourth-order valence-corrected chi connectivity index (χ4v) is 3.55. The number of thioether (sulfide) groups is 1. The van der Waals surface area contributed by atoms with Gasteiger partial charge in [-0.2, -0.15) is 0 Å². The molecular formula is C20H14FN3O3S. The Morgan fingerprint density at radius 1 is 1.07 bits per heavy atom. The highest BCUT2D eigenvalue weighted by Crippen LogP contribution is 2.30. The van der Waals surface area contributed by atoms with Crippen LogP contribution in [0.4, 0.5) is 4.39 Å². The minimum Gasteiger partial charge on any atom is -0.478 e. The lowest BCUT2D eigenvalue weighted by Gasteiger charge is -2.09. The third-order valence-corrected chi connectivity index (χ3v) is 5.03. The van der Waals surface area contributed by atoms with Gasteiger partial charge in [0.1, 0.15) is 5.82 Å². The summed E-state index contributed by atoms with van der Waals surface area (Å²) in [6.45, 7) is 0. The summed E-state index contributed by atoms with van der Waals surface area (Å²) in [6.07, 6.45) is 1.55. The lowest BCUT2D eigenvalue weighted by molar-refractivity contribution is 0.0697. The normalized spacial score (nSPS) is 10.9. The van der Waals surface area contributed by atoms with Crippen LogP contribution in [0, 0.1) is 5.82 Å². The van der Waals surface area contributed by atoms with E-state index >= 15 is 0 Å². The van der Waals surface area contributed by atoms with E-state index in [9.17, 15) is 9.18 Å². The van der Waals surface area contributed by atoms with Crippen LogP contribution in [0.15, 0.2) is 76.5 Å². The molecule has 0 amide bonds. The van der Waals surface area contributed by atoms with Crippen LogP contribution in [0.5, 0.6) is 0 Å². The lowest BCUT2D eigenvalue weighted by Crippen LogP contribution is -2.00. The molecule has 8 heteroatoms. The number of furan rings is 1. The number of halogens is 1. The molecule has 0 aliphatic carbocycles. The predicted octanol–water partition coefficient (Wildman–Crippen LogP) is 4.66. The molecule has 0 spiro atoms. The fraction of sp³-hybridized carbons (Fsp3) is 0.0500. The molecule has 4 aromatic rings. The third kappa shape index (κ3) is 3.67. The molecular weight excluding hydrogens is 381 g/mol. The highest BCUT2D eigenvalue weighted by molar-refractivity contribution is 7.98. The number of rotatable bonds is 6. The van der Waals surface area contributed by atoms with Gasteiger partial charge < -0.3 is 9.52 Å². The van der Waals surface area contributed by atoms with Crippen LogP contribution in [0.25, 0.3) is 17.3 Å². The van der Waals surface area contributed by atoms with E-state index in [4.69, 9.17) is 9.52 Å². The number of hydrogen-bond donors (Lipinski definition) is 1. The Balaban J connectivity index is 1.65. The Bertz CT molecular complexity index is 1090. The third-order valence-electron chi connectivity index (χ3n) is 4.03. The number of nitrogens with zero attached hydrogens (tertiary/aromatic N) is 3. The Morgan fingerprint density at radius 3 is 2.46 bits per heavy atom. The summed E-state index contributed by atoms with van der Waals surface area (Å²) in [7, 11) is 0. The van der Waals surface area contributed by atoms with Crippen molar-refractivity contribution in [2.45, 2.75) is 10.9 Å². The first-order valence-corrected chi connectivity index (χ1v) is 9.30. The maximum absolute atomic E-state index is 13.4. The van der Waals surface area contributed by atoms with E-state index in [-0.39, 0.29) is 11.4 Å². The Morgan fingerprint density at radius 2 is 1.82 bits per heavy atom. The number of hydrogen-bond acceptors (Lipinski definition) is 5. The van der Waals surface area contributed by atoms with Crippen LogP contribution in [-0.4, -0.2) is 25.8 Å². The summed E-state index contributed by atoms with van der Waals surface area (Å²) in [4.78, 5) is 11.0. The van der Waals surface area contributed by atoms with Gasteiger partial charge in [0.05, 0.1) is 17.5 Å². The second-order valence-corrected chi connectivity index (χ2v) is 6.83. The van der Waals surface area contributed by atoms with Gasteiger partial charge in [-0.15, -0.1) is 10.2 Å². The number of benzene rings is 2. The summed E-state index contributed by atoms with van der Waals surface area (Å²) in [5, 5.41) is 18.1. The van der Waals surface area contributed by atoms with Gasteiger partial charge in [0.25, 0.3) is 0 Å². The number of carbonyl (C=O) groups is 1. The van der Waals surface area contributed by atoms with Crippen LogP contribution in [0.2, 0.25) is 0 Å². The second kappa shape index (κ2) is 7.69. The number of carboxylic acid groups (broad SMARTS) is 1. The van der Waals surface area contributed by atoms with Crippen molar-refractivity contribution in [2.24, 2.45) is 0 Å². The SMILES string of the molecule is O=C(O)c1ccc(CSc2nnc(-c3ccco3)n2-c2ccc(F)cc2)cc1. The lowest BCUT2D eigenvalue weighted by atomic mass is 10.1. The van der Waals surface area contributed by atoms with Crippen molar-refractivity contribution in [3.05, 3.63) is 83.9 Å². The van der Waals surface area contributed by atoms with E-state index in [1.54, 1.807) is 59.4 Å². The Hall–Kier alpha value is -3.39. The summed E-state index contributed by atoms with van der Waals surface area (Å²) < 4.78 is 20.6. The molecule has 2 aromatic carbocycles. The smallest absolute Gasteiger partial charge is 0.335 e. The summed E-state index contributed by atoms with van der Waals surface area (Å²) >= 11 is 1.44. The van der Waals surface area contributed by atoms with E-state index in [1.165, 1.54) is 23.9 Å². The standard InChI is InChI=1S/C20H14FN3O3S/c21-15-7-9-16(10-8-15)24-18(17-2-1-11-27-17)22-23-20(24)28-12-13-3-5-14(6-4-13)19(25)26/h1-11H,12H2,(H,25,26). The van der Waals surface area contributed by atoms with Gasteiger partial charge in [-0.3, -0.25) is 4.57 Å². The average molecular weight is 395 g/mol. The molecule has 1 N–H and O–H groups in total. The van der Waals surface area contributed by atoms with Crippen molar-refractivity contribution in [1.82, 2.24) is 14.8 Å². The van der Waals surface area contributed by atoms with Crippen LogP contribution in [-0.2, 0) is 5.75 Å². The van der Waals surface area contributed by atoms with Crippen LogP contribution < -0.4 is 0 Å². The maximum Gasteiger partial charge on any atom is 0.335 e. The van der Waals surface area contributed by atoms with Gasteiger partial charge in [-0.05, 0) is 54.1 Å². The molecule has 0 bridgehead atoms. The molecule has 0 fully saturated rings. The van der Waals surface area contributed by atoms with Gasteiger partial charge in [0.2, 0.25) is 5.82 Å². The first-order chi connectivity index (χ1) is 13.6. The molecule has 0 aliphatic rings. The minimum atomic E-state index is -0.960. The maximum atomic E-state index is 13.4. The van der Waals surface area contributed by atoms with Gasteiger partial charge >= 0.3 is 5.97 Å². The molecule has 0 saturated carbocycles. The number of carboxylic acids is 1. The topological polar surface area (TPSA) is 81.2 Å². The quantitative estimate of drug-likeness (QED) is 0.478. The first-order valence-electron chi connectivity index (χ1n) is 8.32. The van der Waals surface area contributed by atoms with Gasteiger partial charge in [0, 0.05) is 5.75 Å². The molecule has 0 aliphatic heterocycles. The van der Waals surface area contributed by atoms with Crippen LogP contribution in [0.1, 0.15) is 15.9 Å². The molecule has 0 atom stereocenters. The molecule has 140 valence electrons. The van der Waals surface area contributed by atoms with Crippen molar-refractivity contribution in [3.63, 3.8) is 0 Å². The van der Waals surface area contributed by atoms with E-state index in [0.717, 1.165) is 5.56 Å². The molecule has 2 aromatic heterocycles. The molecule has 4 rings (SSSR count). The number of aromatic carboxylic acids is 1. The van der Waals surface area contributed by atoms with Gasteiger partial charge in [-0.25, -0.2) is 9.18 Å². The van der Waals surface area contributed by atoms with Crippen molar-refractivity contribution < 1.29 is 18.7 Å². The van der Waals surface area contributed by atoms with Crippen LogP contribution in [0.3, 0.4) is 0 Å². The zero-order valence-corrected chi connectivity index (χ0v) is 15.3. The van der Waals surface area contributed by atoms with Crippen molar-refractivity contribution in [3.8, 4) is 17.3 Å². The Labute approximate surface area is 163 Å². The predicted molar refractivity (Wildman–Crippen MR) is 102 cm³/mol. The summed E-state index contributed by atoms with van der Waals surface area (Å²) in [5.41, 5.74) is 1.90. The van der Waals surface area contributed by atoms with Gasteiger partial charge in [-0.1, -0.05) is 23.9 Å². The Kier molecular flexibility index (Phi) is 4.94. The highest BCUT2D eigenvalue weighted by Gasteiger charge is 2.18. The average Bonchev–Trinajstić information content (AvgIpc) is 3.37. The minimum absolute atomic E-state index is 0.239. The van der Waals surface area contributed by atoms with Crippen molar-refractivity contribution >= 4 is 17.7 Å². The zero-order chi connectivity index (χ0) is 19.5. The fourth-order valence-electron chi connectivity index (χ4n) is 2.64. The molecule has 0 radical (unpaired) electrons. The van der Waals surface area contributed by atoms with Gasteiger partial charge in [0.15, 0.2) is 10.9 Å². The second-order valence-electron chi connectivity index (χ2n) is 5.89. The first kappa shape index (κ1) is 18.0. The van der Waals surface area contributed by atoms with Crippen molar-refractivity contribution in [1.29, 1.82) is 0 Å². The van der Waals surface area contributed by atoms with E-state index in [1.807, 2.05) is 0 Å².